The number of amides is 1. The van der Waals surface area contributed by atoms with E-state index in [1.54, 1.807) is 25.1 Å². The molecule has 3 heterocycles. The van der Waals surface area contributed by atoms with Gasteiger partial charge in [0.15, 0.2) is 0 Å². The summed E-state index contributed by atoms with van der Waals surface area (Å²) in [6.07, 6.45) is 9.28. The number of ether oxygens (including phenoxy) is 1. The van der Waals surface area contributed by atoms with E-state index in [-0.39, 0.29) is 35.2 Å². The molecular weight excluding hydrogens is 674 g/mol. The van der Waals surface area contributed by atoms with Gasteiger partial charge in [-0.3, -0.25) is 9.69 Å². The molecule has 1 amide bonds. The first-order chi connectivity index (χ1) is 23.9. The predicted octanol–water partition coefficient (Wildman–Crippen LogP) is 6.03. The van der Waals surface area contributed by atoms with E-state index in [0.29, 0.717) is 44.7 Å². The Labute approximate surface area is 302 Å². The quantitative estimate of drug-likeness (QED) is 0.351. The molecule has 2 aromatic carbocycles. The minimum atomic E-state index is -3.97. The molecule has 1 saturated carbocycles. The molecule has 0 radical (unpaired) electrons. The van der Waals surface area contributed by atoms with Gasteiger partial charge in [-0.15, -0.1) is 0 Å². The topological polar surface area (TPSA) is 119 Å². The fourth-order valence-corrected chi connectivity index (χ4v) is 11.2. The number of hydrogen-bond acceptors (Lipinski definition) is 8. The van der Waals surface area contributed by atoms with Crippen molar-refractivity contribution in [2.45, 2.75) is 113 Å². The van der Waals surface area contributed by atoms with Crippen molar-refractivity contribution in [1.29, 1.82) is 0 Å². The van der Waals surface area contributed by atoms with E-state index in [1.807, 2.05) is 13.0 Å². The van der Waals surface area contributed by atoms with Crippen LogP contribution in [0.2, 0.25) is 5.02 Å². The van der Waals surface area contributed by atoms with E-state index < -0.39 is 33.0 Å². The number of halogens is 1. The monoisotopic (exact) mass is 727 g/mol. The molecule has 2 aromatic rings. The van der Waals surface area contributed by atoms with Gasteiger partial charge in [0.1, 0.15) is 12.0 Å². The lowest BCUT2D eigenvalue weighted by Gasteiger charge is -2.51. The molecule has 1 unspecified atom stereocenters. The van der Waals surface area contributed by atoms with Gasteiger partial charge in [0.05, 0.1) is 23.1 Å². The summed E-state index contributed by atoms with van der Waals surface area (Å²) in [7, 11) is -3.97. The Bertz CT molecular complexity index is 1680. The van der Waals surface area contributed by atoms with Crippen molar-refractivity contribution in [1.82, 2.24) is 9.62 Å². The molecule has 7 rings (SSSR count). The van der Waals surface area contributed by atoms with Crippen molar-refractivity contribution in [2.24, 2.45) is 17.8 Å². The fraction of sp³-hybridized carbons (Fsp3) is 0.667. The number of aliphatic hydroxyl groups excluding tert-OH is 1. The highest BCUT2D eigenvalue weighted by molar-refractivity contribution is 7.90. The first-order valence-electron chi connectivity index (χ1n) is 18.9. The van der Waals surface area contributed by atoms with Crippen molar-refractivity contribution in [3.63, 3.8) is 0 Å². The summed E-state index contributed by atoms with van der Waals surface area (Å²) in [5.41, 5.74) is 2.12. The number of piperidine rings is 1. The lowest BCUT2D eigenvalue weighted by Crippen LogP contribution is -2.55. The molecule has 2 bridgehead atoms. The number of fused-ring (bicyclic) bond motifs is 4. The Kier molecular flexibility index (Phi) is 10.2. The highest BCUT2D eigenvalue weighted by Crippen LogP contribution is 2.50. The van der Waals surface area contributed by atoms with E-state index in [2.05, 4.69) is 26.7 Å². The lowest BCUT2D eigenvalue weighted by molar-refractivity contribution is -0.138. The number of aliphatic hydroxyl groups is 2. The third-order valence-electron chi connectivity index (χ3n) is 13.0. The number of aryl methyl sites for hydroxylation is 1. The van der Waals surface area contributed by atoms with Crippen LogP contribution in [0.1, 0.15) is 106 Å². The summed E-state index contributed by atoms with van der Waals surface area (Å²) in [5.74, 6) is -0.0527. The van der Waals surface area contributed by atoms with Crippen LogP contribution in [0.25, 0.3) is 0 Å². The van der Waals surface area contributed by atoms with E-state index in [4.69, 9.17) is 16.3 Å². The first-order valence-corrected chi connectivity index (χ1v) is 20.8. The van der Waals surface area contributed by atoms with Crippen LogP contribution in [-0.2, 0) is 21.9 Å². The van der Waals surface area contributed by atoms with Crippen LogP contribution in [0.3, 0.4) is 0 Å². The highest BCUT2D eigenvalue weighted by atomic mass is 35.5. The molecule has 9 nitrogen and oxygen atoms in total. The van der Waals surface area contributed by atoms with E-state index in [1.165, 1.54) is 17.5 Å². The van der Waals surface area contributed by atoms with Gasteiger partial charge in [0.2, 0.25) is 10.0 Å². The van der Waals surface area contributed by atoms with Crippen LogP contribution in [-0.4, -0.2) is 79.3 Å². The zero-order valence-electron chi connectivity index (χ0n) is 29.6. The summed E-state index contributed by atoms with van der Waals surface area (Å²) < 4.78 is 36.0. The number of anilines is 1. The number of likely N-dealkylation sites (tertiary alicyclic amines) is 1. The third-order valence-corrected chi connectivity index (χ3v) is 15.2. The highest BCUT2D eigenvalue weighted by Gasteiger charge is 2.50. The van der Waals surface area contributed by atoms with Crippen LogP contribution in [0, 0.1) is 17.8 Å². The number of nitrogens with one attached hydrogen (secondary N) is 1. The zero-order valence-corrected chi connectivity index (χ0v) is 31.2. The Morgan fingerprint density at radius 2 is 1.82 bits per heavy atom. The molecule has 274 valence electrons. The first kappa shape index (κ1) is 36.0. The minimum Gasteiger partial charge on any atom is -0.490 e. The minimum absolute atomic E-state index is 0.0150. The van der Waals surface area contributed by atoms with Gasteiger partial charge >= 0.3 is 0 Å². The molecule has 5 aliphatic rings. The summed E-state index contributed by atoms with van der Waals surface area (Å²) >= 11 is 6.46. The largest absolute Gasteiger partial charge is 0.490 e. The van der Waals surface area contributed by atoms with Crippen LogP contribution in [0.15, 0.2) is 36.4 Å². The van der Waals surface area contributed by atoms with Crippen molar-refractivity contribution in [2.75, 3.05) is 37.7 Å². The molecule has 3 aliphatic heterocycles. The molecule has 7 atom stereocenters. The smallest absolute Gasteiger partial charge is 0.264 e. The van der Waals surface area contributed by atoms with Gasteiger partial charge in [-0.05, 0) is 124 Å². The normalized spacial score (nSPS) is 33.9. The second-order valence-electron chi connectivity index (χ2n) is 16.2. The Balaban J connectivity index is 1.28. The number of carbonyl (C=O) groups excluding carboxylic acids is 1. The predicted molar refractivity (Wildman–Crippen MR) is 196 cm³/mol. The van der Waals surface area contributed by atoms with Crippen LogP contribution < -0.4 is 14.4 Å². The van der Waals surface area contributed by atoms with Gasteiger partial charge in [0, 0.05) is 48.6 Å². The number of carbonyl (C=O) groups is 1. The van der Waals surface area contributed by atoms with Gasteiger partial charge < -0.3 is 19.8 Å². The maximum atomic E-state index is 13.6. The molecule has 50 heavy (non-hydrogen) atoms. The SMILES string of the molecule is C[C@@H]1[C@@H](C)CCC[C@](O)(CC(O)N2CCCCC2)[C@@H]2CC[C@H]2CN2C[C@@]3(CCCc4cc(Cl)ccc43)COc3ccc(cc32)C(=O)NS1(=O)=O. The average Bonchev–Trinajstić information content (AvgIpc) is 3.22. The van der Waals surface area contributed by atoms with Gasteiger partial charge in [-0.1, -0.05) is 37.4 Å². The Morgan fingerprint density at radius 3 is 2.58 bits per heavy atom. The Morgan fingerprint density at radius 1 is 1.02 bits per heavy atom. The summed E-state index contributed by atoms with van der Waals surface area (Å²) in [5, 5.41) is 24.1. The Hall–Kier alpha value is -2.37. The summed E-state index contributed by atoms with van der Waals surface area (Å²) in [6, 6.07) is 11.4. The van der Waals surface area contributed by atoms with Gasteiger partial charge in [-0.25, -0.2) is 13.1 Å². The zero-order chi connectivity index (χ0) is 35.3. The second kappa shape index (κ2) is 14.2. The number of hydrogen-bond donors (Lipinski definition) is 3. The number of sulfonamides is 1. The van der Waals surface area contributed by atoms with Crippen molar-refractivity contribution in [3.8, 4) is 5.75 Å². The maximum Gasteiger partial charge on any atom is 0.264 e. The number of nitrogens with zero attached hydrogens (tertiary/aromatic N) is 2. The summed E-state index contributed by atoms with van der Waals surface area (Å²) in [4.78, 5) is 18.0. The van der Waals surface area contributed by atoms with Crippen molar-refractivity contribution < 1.29 is 28.2 Å². The van der Waals surface area contributed by atoms with E-state index in [9.17, 15) is 23.4 Å². The molecule has 11 heteroatoms. The van der Waals surface area contributed by atoms with Crippen molar-refractivity contribution >= 4 is 33.2 Å². The van der Waals surface area contributed by atoms with Crippen LogP contribution in [0.5, 0.6) is 5.75 Å². The molecule has 2 fully saturated rings. The van der Waals surface area contributed by atoms with Crippen LogP contribution in [0.4, 0.5) is 5.69 Å². The van der Waals surface area contributed by atoms with Gasteiger partial charge in [-0.2, -0.15) is 0 Å². The third kappa shape index (κ3) is 7.04. The molecule has 1 spiro atoms. The lowest BCUT2D eigenvalue weighted by atomic mass is 9.61. The molecule has 3 N–H and O–H groups in total. The average molecular weight is 728 g/mol. The maximum absolute atomic E-state index is 13.6. The van der Waals surface area contributed by atoms with Crippen LogP contribution >= 0.6 is 11.6 Å². The number of benzene rings is 2. The molecule has 0 aromatic heterocycles. The standard InChI is InChI=1S/C39H54ClN3O6S/c1-26-8-6-17-39(46,22-36(44)42-18-4-3-5-19-42)33-13-10-30(33)23-43-24-38(16-7-9-28-20-31(40)12-14-32(28)38)25-49-35-15-11-29(21-34(35)43)37(45)41-50(47,48)27(26)2/h11-12,14-15,20-21,26-27,30,33,36,44,46H,3-10,13,16-19,22-25H2,1-2H3,(H,41,45)/t26-,27+,30-,33+,36?,38-,39-/m0/s1. The fourth-order valence-electron chi connectivity index (χ4n) is 9.69. The molecule has 1 saturated heterocycles. The number of rotatable bonds is 3. The second-order valence-corrected chi connectivity index (χ2v) is 18.6. The van der Waals surface area contributed by atoms with E-state index in [0.717, 1.165) is 68.7 Å². The summed E-state index contributed by atoms with van der Waals surface area (Å²) in [6.45, 7) is 7.01. The van der Waals surface area contributed by atoms with E-state index >= 15 is 0 Å². The van der Waals surface area contributed by atoms with Crippen molar-refractivity contribution in [3.05, 3.63) is 58.1 Å². The molecular formula is C39H54ClN3O6S. The molecule has 2 aliphatic carbocycles. The van der Waals surface area contributed by atoms with Gasteiger partial charge in [0.25, 0.3) is 5.91 Å².